The number of aromatic nitrogens is 10. The molecule has 6 aromatic rings. The highest BCUT2D eigenvalue weighted by Gasteiger charge is 2.23. The molecule has 0 unspecified atom stereocenters. The van der Waals surface area contributed by atoms with Crippen LogP contribution in [0.25, 0.3) is 28.1 Å². The van der Waals surface area contributed by atoms with Gasteiger partial charge in [0.25, 0.3) is 6.43 Å². The Kier molecular flexibility index (Phi) is 7.63. The summed E-state index contributed by atoms with van der Waals surface area (Å²) in [5.74, 6) is -0.694. The highest BCUT2D eigenvalue weighted by molar-refractivity contribution is 6.31. The predicted octanol–water partition coefficient (Wildman–Crippen LogP) is 6.14. The topological polar surface area (TPSA) is 105 Å². The lowest BCUT2D eigenvalue weighted by molar-refractivity contribution is 0.0565. The van der Waals surface area contributed by atoms with Crippen LogP contribution >= 0.6 is 11.6 Å². The summed E-state index contributed by atoms with van der Waals surface area (Å²) in [6.45, 7) is -2.91. The van der Waals surface area contributed by atoms with E-state index in [1.165, 1.54) is 58.7 Å². The van der Waals surface area contributed by atoms with Crippen molar-refractivity contribution < 1.29 is 22.0 Å². The predicted molar refractivity (Wildman–Crippen MR) is 143 cm³/mol. The third-order valence-electron chi connectivity index (χ3n) is 6.72. The Labute approximate surface area is 244 Å². The Morgan fingerprint density at radius 1 is 0.837 bits per heavy atom. The Hall–Kier alpha value is -5.05. The number of alkyl halides is 4. The van der Waals surface area contributed by atoms with Gasteiger partial charge in [-0.15, -0.1) is 10.2 Å². The molecule has 0 saturated carbocycles. The van der Waals surface area contributed by atoms with E-state index in [0.717, 1.165) is 0 Å². The first kappa shape index (κ1) is 28.1. The van der Waals surface area contributed by atoms with Crippen LogP contribution in [0.1, 0.15) is 35.8 Å². The van der Waals surface area contributed by atoms with Gasteiger partial charge in [0.15, 0.2) is 5.82 Å². The summed E-state index contributed by atoms with van der Waals surface area (Å²) in [5.41, 5.74) is 2.25. The summed E-state index contributed by atoms with van der Waals surface area (Å²) in [6, 6.07) is 11.4. The number of nitrogens with zero attached hydrogens (tertiary/aromatic N) is 10. The number of halogens is 6. The monoisotopic (exact) mass is 612 g/mol. The van der Waals surface area contributed by atoms with Crippen LogP contribution in [-0.4, -0.2) is 50.0 Å². The lowest BCUT2D eigenvalue weighted by Gasteiger charge is -2.19. The van der Waals surface area contributed by atoms with Crippen LogP contribution in [0.15, 0.2) is 79.6 Å². The Balaban J connectivity index is 1.39. The molecule has 0 spiro atoms. The van der Waals surface area contributed by atoms with Crippen molar-refractivity contribution in [3.8, 4) is 28.1 Å². The second kappa shape index (κ2) is 11.7. The van der Waals surface area contributed by atoms with Crippen molar-refractivity contribution >= 4 is 11.6 Å². The SMILES string of the molecule is Fc1c(Cl)ccc(-n2cnnn2)c1-c1ccc([C@H](Cc2ccc(C(F)F)cc2)n2cc(-c3cnnn3C(F)F)cn2)nc1. The summed E-state index contributed by atoms with van der Waals surface area (Å²) in [7, 11) is 0. The first-order chi connectivity index (χ1) is 20.8. The molecule has 218 valence electrons. The number of hydrogen-bond donors (Lipinski definition) is 0. The van der Waals surface area contributed by atoms with Crippen LogP contribution in [0.2, 0.25) is 5.02 Å². The number of tetrazole rings is 1. The summed E-state index contributed by atoms with van der Waals surface area (Å²) in [6.07, 6.45) is 4.52. The molecule has 4 heterocycles. The zero-order chi connectivity index (χ0) is 30.1. The van der Waals surface area contributed by atoms with Crippen molar-refractivity contribution in [1.82, 2.24) is 50.0 Å². The largest absolute Gasteiger partial charge is 0.335 e. The molecule has 0 aliphatic heterocycles. The van der Waals surface area contributed by atoms with Gasteiger partial charge < -0.3 is 0 Å². The third kappa shape index (κ3) is 5.58. The summed E-state index contributed by atoms with van der Waals surface area (Å²) in [5, 5.41) is 22.3. The molecular formula is C27H18ClF5N10. The zero-order valence-corrected chi connectivity index (χ0v) is 22.4. The molecule has 10 nitrogen and oxygen atoms in total. The van der Waals surface area contributed by atoms with Gasteiger partial charge in [0, 0.05) is 41.1 Å². The quantitative estimate of drug-likeness (QED) is 0.181. The van der Waals surface area contributed by atoms with E-state index in [9.17, 15) is 17.6 Å². The van der Waals surface area contributed by atoms with Gasteiger partial charge >= 0.3 is 6.55 Å². The average Bonchev–Trinajstić information content (AvgIpc) is 3.80. The van der Waals surface area contributed by atoms with Crippen molar-refractivity contribution in [2.45, 2.75) is 25.4 Å². The second-order valence-corrected chi connectivity index (χ2v) is 9.70. The number of hydrogen-bond acceptors (Lipinski definition) is 7. The molecule has 6 rings (SSSR count). The van der Waals surface area contributed by atoms with Crippen molar-refractivity contribution in [1.29, 1.82) is 0 Å². The fourth-order valence-electron chi connectivity index (χ4n) is 4.62. The maximum absolute atomic E-state index is 15.3. The third-order valence-corrected chi connectivity index (χ3v) is 7.01. The molecular weight excluding hydrogens is 595 g/mol. The lowest BCUT2D eigenvalue weighted by Crippen LogP contribution is -2.16. The molecule has 2 aromatic carbocycles. The highest BCUT2D eigenvalue weighted by atomic mass is 35.5. The molecule has 0 bridgehead atoms. The zero-order valence-electron chi connectivity index (χ0n) is 21.7. The van der Waals surface area contributed by atoms with E-state index in [1.807, 2.05) is 0 Å². The molecule has 0 fully saturated rings. The minimum absolute atomic E-state index is 0.0520. The maximum Gasteiger partial charge on any atom is 0.335 e. The van der Waals surface area contributed by atoms with E-state index >= 15 is 4.39 Å². The number of pyridine rings is 1. The van der Waals surface area contributed by atoms with Crippen LogP contribution in [0.3, 0.4) is 0 Å². The smallest absolute Gasteiger partial charge is 0.263 e. The minimum atomic E-state index is -2.91. The standard InChI is InChI=1S/C27H18ClF5N10/c28-19-6-8-21(42-14-36-38-40-42)24(25(19)29)17-5-7-20(34-10-17)22(9-15-1-3-16(4-2-15)26(30)31)41-13-18(11-37-41)23-12-35-39-43(23)27(32)33/h1-8,10-14,22,26-27H,9H2/t22-/m0/s1. The van der Waals surface area contributed by atoms with Crippen LogP contribution < -0.4 is 0 Å². The van der Waals surface area contributed by atoms with Gasteiger partial charge in [0.1, 0.15) is 6.33 Å². The Bertz CT molecular complexity index is 1840. The number of benzene rings is 2. The molecule has 0 N–H and O–H groups in total. The van der Waals surface area contributed by atoms with Crippen LogP contribution in [-0.2, 0) is 6.42 Å². The van der Waals surface area contributed by atoms with E-state index in [2.05, 4.69) is 35.9 Å². The van der Waals surface area contributed by atoms with Crippen LogP contribution in [0.4, 0.5) is 22.0 Å². The van der Waals surface area contributed by atoms with Gasteiger partial charge in [0.05, 0.1) is 40.5 Å². The molecule has 0 amide bonds. The molecule has 0 aliphatic rings. The molecule has 4 aromatic heterocycles. The first-order valence-corrected chi connectivity index (χ1v) is 13.0. The fourth-order valence-corrected chi connectivity index (χ4v) is 4.78. The van der Waals surface area contributed by atoms with Gasteiger partial charge in [-0.3, -0.25) is 9.67 Å². The first-order valence-electron chi connectivity index (χ1n) is 12.6. The summed E-state index contributed by atoms with van der Waals surface area (Å²) in [4.78, 5) is 4.58. The van der Waals surface area contributed by atoms with Gasteiger partial charge in [-0.25, -0.2) is 13.2 Å². The van der Waals surface area contributed by atoms with Crippen molar-refractivity contribution in [3.05, 3.63) is 107 Å². The minimum Gasteiger partial charge on any atom is -0.263 e. The van der Waals surface area contributed by atoms with E-state index < -0.39 is 24.8 Å². The molecule has 43 heavy (non-hydrogen) atoms. The second-order valence-electron chi connectivity index (χ2n) is 9.29. The van der Waals surface area contributed by atoms with Gasteiger partial charge in [0.2, 0.25) is 0 Å². The Morgan fingerprint density at radius 3 is 2.33 bits per heavy atom. The van der Waals surface area contributed by atoms with E-state index in [0.29, 0.717) is 32.8 Å². The van der Waals surface area contributed by atoms with E-state index in [4.69, 9.17) is 11.6 Å². The fraction of sp³-hybridized carbons (Fsp3) is 0.148. The van der Waals surface area contributed by atoms with Crippen molar-refractivity contribution in [2.75, 3.05) is 0 Å². The van der Waals surface area contributed by atoms with Crippen LogP contribution in [0.5, 0.6) is 0 Å². The van der Waals surface area contributed by atoms with Crippen molar-refractivity contribution in [3.63, 3.8) is 0 Å². The molecule has 0 saturated heterocycles. The lowest BCUT2D eigenvalue weighted by atomic mass is 9.99. The normalized spacial score (nSPS) is 12.4. The van der Waals surface area contributed by atoms with Gasteiger partial charge in [-0.2, -0.15) is 23.2 Å². The highest BCUT2D eigenvalue weighted by Crippen LogP contribution is 2.34. The van der Waals surface area contributed by atoms with E-state index in [-0.39, 0.29) is 28.3 Å². The van der Waals surface area contributed by atoms with Gasteiger partial charge in [-0.05, 0) is 34.2 Å². The number of rotatable bonds is 9. The van der Waals surface area contributed by atoms with Gasteiger partial charge in [-0.1, -0.05) is 47.1 Å². The summed E-state index contributed by atoms with van der Waals surface area (Å²) >= 11 is 6.08. The molecule has 16 heteroatoms. The van der Waals surface area contributed by atoms with Crippen molar-refractivity contribution in [2.24, 2.45) is 0 Å². The molecule has 0 aliphatic carbocycles. The summed E-state index contributed by atoms with van der Waals surface area (Å²) < 4.78 is 71.7. The maximum atomic E-state index is 15.3. The molecule has 0 radical (unpaired) electrons. The van der Waals surface area contributed by atoms with E-state index in [1.54, 1.807) is 30.3 Å². The molecule has 1 atom stereocenters. The Morgan fingerprint density at radius 2 is 1.65 bits per heavy atom. The average molecular weight is 613 g/mol. The van der Waals surface area contributed by atoms with Crippen LogP contribution in [0, 0.1) is 5.82 Å².